The van der Waals surface area contributed by atoms with E-state index >= 15 is 0 Å². The van der Waals surface area contributed by atoms with Crippen LogP contribution >= 0.6 is 0 Å². The Morgan fingerprint density at radius 1 is 0.714 bits per heavy atom. The van der Waals surface area contributed by atoms with E-state index in [0.29, 0.717) is 17.5 Å². The molecule has 0 aliphatic carbocycles. The van der Waals surface area contributed by atoms with Crippen LogP contribution < -0.4 is 0 Å². The molecule has 0 amide bonds. The van der Waals surface area contributed by atoms with Gasteiger partial charge in [0.05, 0.1) is 11.1 Å². The highest BCUT2D eigenvalue weighted by Gasteiger charge is 2.33. The molecule has 0 spiro atoms. The summed E-state index contributed by atoms with van der Waals surface area (Å²) in [5.74, 6) is -2.28. The molecule has 4 heteroatoms. The summed E-state index contributed by atoms with van der Waals surface area (Å²) >= 11 is 0. The van der Waals surface area contributed by atoms with E-state index in [1.807, 2.05) is 12.1 Å². The van der Waals surface area contributed by atoms with E-state index in [4.69, 9.17) is 9.47 Å². The van der Waals surface area contributed by atoms with Crippen LogP contribution in [0.25, 0.3) is 0 Å². The van der Waals surface area contributed by atoms with Crippen LogP contribution in [0, 0.1) is 0 Å². The Morgan fingerprint density at radius 3 is 1.61 bits per heavy atom. The zero-order valence-electron chi connectivity index (χ0n) is 16.9. The zero-order valence-corrected chi connectivity index (χ0v) is 16.9. The van der Waals surface area contributed by atoms with Crippen LogP contribution in [0.5, 0.6) is 0 Å². The largest absolute Gasteiger partial charge is 0.419 e. The van der Waals surface area contributed by atoms with Crippen molar-refractivity contribution in [2.24, 2.45) is 0 Å². The number of benzene rings is 2. The quantitative estimate of drug-likeness (QED) is 0.265. The Bertz CT molecular complexity index is 671. The van der Waals surface area contributed by atoms with Crippen molar-refractivity contribution in [3.8, 4) is 0 Å². The molecule has 0 unspecified atom stereocenters. The van der Waals surface area contributed by atoms with Gasteiger partial charge in [0, 0.05) is 13.3 Å². The molecule has 2 aromatic rings. The molecule has 0 saturated carbocycles. The van der Waals surface area contributed by atoms with Crippen molar-refractivity contribution in [1.82, 2.24) is 0 Å². The molecule has 0 aliphatic rings. The highest BCUT2D eigenvalue weighted by atomic mass is 16.7. The van der Waals surface area contributed by atoms with E-state index < -0.39 is 17.7 Å². The second-order valence-electron chi connectivity index (χ2n) is 7.16. The van der Waals surface area contributed by atoms with E-state index in [0.717, 1.165) is 19.3 Å². The van der Waals surface area contributed by atoms with Gasteiger partial charge < -0.3 is 9.47 Å². The Balaban J connectivity index is 2.03. The fraction of sp³-hybridized carbons (Fsp3) is 0.417. The number of hydrogen-bond donors (Lipinski definition) is 0. The molecular formula is C24H30O4. The average molecular weight is 383 g/mol. The number of hydrogen-bond acceptors (Lipinski definition) is 4. The number of carbonyl (C=O) groups excluding carboxylic acids is 2. The summed E-state index contributed by atoms with van der Waals surface area (Å²) in [6, 6.07) is 17.5. The minimum atomic E-state index is -1.30. The fourth-order valence-corrected chi connectivity index (χ4v) is 3.01. The van der Waals surface area contributed by atoms with Crippen LogP contribution in [-0.2, 0) is 9.47 Å². The standard InChI is InChI=1S/C24H30O4/c1-3-4-5-6-7-14-19-24(2,27-22(25)20-15-10-8-11-16-20)28-23(26)21-17-12-9-13-18-21/h8-13,15-18H,3-7,14,19H2,1-2H3. The lowest BCUT2D eigenvalue weighted by atomic mass is 10.1. The third-order valence-corrected chi connectivity index (χ3v) is 4.62. The van der Waals surface area contributed by atoms with Crippen molar-refractivity contribution >= 4 is 11.9 Å². The van der Waals surface area contributed by atoms with Crippen molar-refractivity contribution in [1.29, 1.82) is 0 Å². The van der Waals surface area contributed by atoms with Crippen LogP contribution in [0.3, 0.4) is 0 Å². The van der Waals surface area contributed by atoms with E-state index in [-0.39, 0.29) is 0 Å². The normalized spacial score (nSPS) is 11.1. The van der Waals surface area contributed by atoms with Crippen LogP contribution in [-0.4, -0.2) is 17.7 Å². The third kappa shape index (κ3) is 7.18. The molecule has 0 N–H and O–H groups in total. The Morgan fingerprint density at radius 2 is 1.14 bits per heavy atom. The average Bonchev–Trinajstić information content (AvgIpc) is 2.72. The molecule has 150 valence electrons. The Hall–Kier alpha value is -2.62. The fourth-order valence-electron chi connectivity index (χ4n) is 3.01. The number of carbonyl (C=O) groups is 2. The Kier molecular flexibility index (Phi) is 8.73. The Labute approximate surface area is 167 Å². The highest BCUT2D eigenvalue weighted by Crippen LogP contribution is 2.25. The lowest BCUT2D eigenvalue weighted by molar-refractivity contribution is -0.161. The molecule has 2 rings (SSSR count). The van der Waals surface area contributed by atoms with Crippen molar-refractivity contribution in [3.63, 3.8) is 0 Å². The van der Waals surface area contributed by atoms with Gasteiger partial charge in [-0.15, -0.1) is 0 Å². The van der Waals surface area contributed by atoms with Crippen LogP contribution in [0.1, 0.15) is 79.5 Å². The van der Waals surface area contributed by atoms with Gasteiger partial charge in [-0.25, -0.2) is 9.59 Å². The number of esters is 2. The molecule has 0 heterocycles. The van der Waals surface area contributed by atoms with E-state index in [1.165, 1.54) is 19.3 Å². The SMILES string of the molecule is CCCCCCCCC(C)(OC(=O)c1ccccc1)OC(=O)c1ccccc1. The van der Waals surface area contributed by atoms with E-state index in [1.54, 1.807) is 55.5 Å². The summed E-state index contributed by atoms with van der Waals surface area (Å²) in [5, 5.41) is 0. The van der Waals surface area contributed by atoms with Crippen molar-refractivity contribution < 1.29 is 19.1 Å². The number of unbranched alkanes of at least 4 members (excludes halogenated alkanes) is 5. The van der Waals surface area contributed by atoms with E-state index in [2.05, 4.69) is 6.92 Å². The van der Waals surface area contributed by atoms with Crippen LogP contribution in [0.4, 0.5) is 0 Å². The van der Waals surface area contributed by atoms with Crippen molar-refractivity contribution in [3.05, 3.63) is 71.8 Å². The maximum Gasteiger partial charge on any atom is 0.341 e. The highest BCUT2D eigenvalue weighted by molar-refractivity contribution is 5.91. The lowest BCUT2D eigenvalue weighted by Gasteiger charge is -2.29. The molecule has 0 atom stereocenters. The predicted molar refractivity (Wildman–Crippen MR) is 110 cm³/mol. The minimum absolute atomic E-state index is 0.437. The molecule has 2 aromatic carbocycles. The summed E-state index contributed by atoms with van der Waals surface area (Å²) in [5.41, 5.74) is 0.875. The molecule has 0 bridgehead atoms. The maximum absolute atomic E-state index is 12.5. The van der Waals surface area contributed by atoms with Gasteiger partial charge in [-0.3, -0.25) is 0 Å². The molecular weight excluding hydrogens is 352 g/mol. The zero-order chi connectivity index (χ0) is 20.2. The van der Waals surface area contributed by atoms with Crippen LogP contribution in [0.2, 0.25) is 0 Å². The van der Waals surface area contributed by atoms with Gasteiger partial charge in [0.1, 0.15) is 0 Å². The lowest BCUT2D eigenvalue weighted by Crippen LogP contribution is -2.37. The van der Waals surface area contributed by atoms with E-state index in [9.17, 15) is 9.59 Å². The second kappa shape index (κ2) is 11.3. The minimum Gasteiger partial charge on any atom is -0.419 e. The first kappa shape index (κ1) is 21.7. The van der Waals surface area contributed by atoms with Gasteiger partial charge >= 0.3 is 11.9 Å². The second-order valence-corrected chi connectivity index (χ2v) is 7.16. The summed E-state index contributed by atoms with van der Waals surface area (Å²) in [6.07, 6.45) is 7.05. The first-order chi connectivity index (χ1) is 13.5. The number of ether oxygens (including phenoxy) is 2. The first-order valence-corrected chi connectivity index (χ1v) is 10.1. The summed E-state index contributed by atoms with van der Waals surface area (Å²) in [7, 11) is 0. The van der Waals surface area contributed by atoms with Crippen molar-refractivity contribution in [2.75, 3.05) is 0 Å². The summed E-state index contributed by atoms with van der Waals surface area (Å²) < 4.78 is 11.3. The van der Waals surface area contributed by atoms with Gasteiger partial charge in [0.25, 0.3) is 5.79 Å². The smallest absolute Gasteiger partial charge is 0.341 e. The molecule has 0 aliphatic heterocycles. The topological polar surface area (TPSA) is 52.6 Å². The molecule has 0 aromatic heterocycles. The predicted octanol–water partition coefficient (Wildman–Crippen LogP) is 6.17. The van der Waals surface area contributed by atoms with Crippen LogP contribution in [0.15, 0.2) is 60.7 Å². The van der Waals surface area contributed by atoms with Crippen molar-refractivity contribution in [2.45, 2.75) is 64.6 Å². The summed E-state index contributed by atoms with van der Waals surface area (Å²) in [6.45, 7) is 3.85. The molecule has 4 nitrogen and oxygen atoms in total. The van der Waals surface area contributed by atoms with Gasteiger partial charge in [-0.1, -0.05) is 75.4 Å². The number of rotatable bonds is 11. The maximum atomic E-state index is 12.5. The van der Waals surface area contributed by atoms with Gasteiger partial charge in [-0.05, 0) is 30.7 Å². The summed E-state index contributed by atoms with van der Waals surface area (Å²) in [4.78, 5) is 25.1. The first-order valence-electron chi connectivity index (χ1n) is 10.1. The van der Waals surface area contributed by atoms with Gasteiger partial charge in [0.2, 0.25) is 0 Å². The van der Waals surface area contributed by atoms with Gasteiger partial charge in [-0.2, -0.15) is 0 Å². The van der Waals surface area contributed by atoms with Gasteiger partial charge in [0.15, 0.2) is 0 Å². The molecule has 0 saturated heterocycles. The third-order valence-electron chi connectivity index (χ3n) is 4.62. The molecule has 0 fully saturated rings. The molecule has 28 heavy (non-hydrogen) atoms. The monoisotopic (exact) mass is 382 g/mol. The molecule has 0 radical (unpaired) electrons.